The first-order chi connectivity index (χ1) is 6.57. The molecule has 3 N–H and O–H groups in total. The summed E-state index contributed by atoms with van der Waals surface area (Å²) in [7, 11) is 0. The normalized spacial score (nSPS) is 14.2. The molecule has 1 rings (SSSR count). The minimum absolute atomic E-state index is 0. The maximum Gasteiger partial charge on any atom is 0.129 e. The van der Waals surface area contributed by atoms with E-state index in [0.717, 1.165) is 0 Å². The number of aliphatic hydroxyl groups excluding tert-OH is 1. The summed E-state index contributed by atoms with van der Waals surface area (Å²) in [6.07, 6.45) is -0.217. The van der Waals surface area contributed by atoms with E-state index < -0.39 is 12.1 Å². The lowest BCUT2D eigenvalue weighted by atomic mass is 10.0. The Kier molecular flexibility index (Phi) is 6.36. The van der Waals surface area contributed by atoms with Crippen molar-refractivity contribution in [3.05, 3.63) is 34.1 Å². The number of aliphatic hydroxyl groups is 1. The monoisotopic (exact) mass is 297 g/mol. The van der Waals surface area contributed by atoms with Crippen LogP contribution >= 0.6 is 28.3 Å². The van der Waals surface area contributed by atoms with Crippen molar-refractivity contribution in [1.82, 2.24) is 0 Å². The van der Waals surface area contributed by atoms with Gasteiger partial charge in [-0.05, 0) is 18.6 Å². The van der Waals surface area contributed by atoms with Crippen LogP contribution in [0.3, 0.4) is 0 Å². The van der Waals surface area contributed by atoms with Crippen LogP contribution in [-0.4, -0.2) is 11.2 Å². The molecule has 2 nitrogen and oxygen atoms in total. The van der Waals surface area contributed by atoms with E-state index in [0.29, 0.717) is 16.5 Å². The van der Waals surface area contributed by atoms with Gasteiger partial charge in [0.15, 0.2) is 0 Å². The van der Waals surface area contributed by atoms with Crippen molar-refractivity contribution in [2.45, 2.75) is 25.5 Å². The molecule has 2 atom stereocenters. The van der Waals surface area contributed by atoms with Crippen LogP contribution in [0.2, 0.25) is 0 Å². The second-order valence-electron chi connectivity index (χ2n) is 3.14. The van der Waals surface area contributed by atoms with E-state index in [9.17, 15) is 9.50 Å². The van der Waals surface area contributed by atoms with E-state index in [4.69, 9.17) is 5.73 Å². The lowest BCUT2D eigenvalue weighted by Gasteiger charge is -2.19. The second-order valence-corrected chi connectivity index (χ2v) is 3.99. The van der Waals surface area contributed by atoms with Crippen LogP contribution < -0.4 is 5.73 Å². The molecule has 0 aliphatic heterocycles. The van der Waals surface area contributed by atoms with Gasteiger partial charge in [0.2, 0.25) is 0 Å². The van der Waals surface area contributed by atoms with E-state index >= 15 is 0 Å². The predicted octanol–water partition coefficient (Wildman–Crippen LogP) is 2.78. The topological polar surface area (TPSA) is 46.2 Å². The van der Waals surface area contributed by atoms with Crippen molar-refractivity contribution in [2.75, 3.05) is 0 Å². The highest BCUT2D eigenvalue weighted by atomic mass is 79.9. The molecule has 0 aromatic heterocycles. The molecular formula is C10H14BrClFNO. The van der Waals surface area contributed by atoms with Crippen LogP contribution in [0.1, 0.15) is 24.9 Å². The van der Waals surface area contributed by atoms with Gasteiger partial charge in [-0.1, -0.05) is 28.9 Å². The molecule has 0 unspecified atom stereocenters. The van der Waals surface area contributed by atoms with Crippen molar-refractivity contribution in [3.63, 3.8) is 0 Å². The Morgan fingerprint density at radius 1 is 1.53 bits per heavy atom. The maximum atomic E-state index is 13.4. The van der Waals surface area contributed by atoms with Gasteiger partial charge in [0.1, 0.15) is 5.82 Å². The van der Waals surface area contributed by atoms with Crippen LogP contribution in [0.15, 0.2) is 22.7 Å². The Labute approximate surface area is 103 Å². The fourth-order valence-corrected chi connectivity index (χ4v) is 1.88. The first-order valence-corrected chi connectivity index (χ1v) is 5.24. The van der Waals surface area contributed by atoms with Crippen molar-refractivity contribution >= 4 is 28.3 Å². The van der Waals surface area contributed by atoms with Gasteiger partial charge in [-0.2, -0.15) is 0 Å². The first-order valence-electron chi connectivity index (χ1n) is 4.45. The Bertz CT molecular complexity index is 304. The van der Waals surface area contributed by atoms with Gasteiger partial charge in [-0.15, -0.1) is 12.4 Å². The molecule has 1 aromatic carbocycles. The van der Waals surface area contributed by atoms with Gasteiger partial charge in [-0.25, -0.2) is 4.39 Å². The van der Waals surface area contributed by atoms with E-state index in [1.807, 2.05) is 0 Å². The zero-order valence-corrected chi connectivity index (χ0v) is 10.7. The zero-order chi connectivity index (χ0) is 10.7. The number of benzene rings is 1. The summed E-state index contributed by atoms with van der Waals surface area (Å²) in [5, 5.41) is 9.52. The van der Waals surface area contributed by atoms with Crippen LogP contribution in [0.5, 0.6) is 0 Å². The van der Waals surface area contributed by atoms with Crippen LogP contribution in [0.25, 0.3) is 0 Å². The highest BCUT2D eigenvalue weighted by Crippen LogP contribution is 2.27. The summed E-state index contributed by atoms with van der Waals surface area (Å²) in [5.74, 6) is -0.389. The summed E-state index contributed by atoms with van der Waals surface area (Å²) >= 11 is 3.21. The molecule has 0 bridgehead atoms. The van der Waals surface area contributed by atoms with Crippen LogP contribution in [-0.2, 0) is 0 Å². The molecule has 0 fully saturated rings. The van der Waals surface area contributed by atoms with Gasteiger partial charge >= 0.3 is 0 Å². The minimum atomic E-state index is -0.719. The van der Waals surface area contributed by atoms with Gasteiger partial charge in [0.25, 0.3) is 0 Å². The fourth-order valence-electron chi connectivity index (χ4n) is 1.28. The number of hydrogen-bond acceptors (Lipinski definition) is 2. The number of rotatable bonds is 3. The molecule has 0 spiro atoms. The van der Waals surface area contributed by atoms with E-state index in [1.165, 1.54) is 6.07 Å². The van der Waals surface area contributed by atoms with E-state index in [2.05, 4.69) is 15.9 Å². The Morgan fingerprint density at radius 3 is 2.60 bits per heavy atom. The van der Waals surface area contributed by atoms with Crippen molar-refractivity contribution < 1.29 is 9.50 Å². The molecule has 0 saturated heterocycles. The molecule has 0 aliphatic rings. The first kappa shape index (κ1) is 14.8. The quantitative estimate of drug-likeness (QED) is 0.901. The molecule has 0 saturated carbocycles. The second kappa shape index (κ2) is 6.43. The molecule has 1 aromatic rings. The molecule has 15 heavy (non-hydrogen) atoms. The largest absolute Gasteiger partial charge is 0.391 e. The van der Waals surface area contributed by atoms with E-state index in [-0.39, 0.29) is 18.2 Å². The Hall–Kier alpha value is -0.160. The Morgan fingerprint density at radius 2 is 2.13 bits per heavy atom. The number of hydrogen-bond donors (Lipinski definition) is 2. The van der Waals surface area contributed by atoms with E-state index in [1.54, 1.807) is 19.1 Å². The lowest BCUT2D eigenvalue weighted by Crippen LogP contribution is -2.26. The molecule has 0 aliphatic carbocycles. The Balaban J connectivity index is 0.00000196. The smallest absolute Gasteiger partial charge is 0.129 e. The third-order valence-corrected chi connectivity index (χ3v) is 2.86. The van der Waals surface area contributed by atoms with Gasteiger partial charge in [-0.3, -0.25) is 0 Å². The fraction of sp³-hybridized carbons (Fsp3) is 0.400. The van der Waals surface area contributed by atoms with Crippen LogP contribution in [0, 0.1) is 5.82 Å². The lowest BCUT2D eigenvalue weighted by molar-refractivity contribution is 0.139. The van der Waals surface area contributed by atoms with Gasteiger partial charge < -0.3 is 10.8 Å². The van der Waals surface area contributed by atoms with Crippen LogP contribution in [0.4, 0.5) is 4.39 Å². The summed E-state index contributed by atoms with van der Waals surface area (Å²) < 4.78 is 14.0. The highest BCUT2D eigenvalue weighted by molar-refractivity contribution is 9.10. The zero-order valence-electron chi connectivity index (χ0n) is 8.28. The van der Waals surface area contributed by atoms with Gasteiger partial charge in [0.05, 0.1) is 12.1 Å². The van der Waals surface area contributed by atoms with Crippen molar-refractivity contribution in [1.29, 1.82) is 0 Å². The average molecular weight is 299 g/mol. The number of nitrogens with two attached hydrogens (primary N) is 1. The third kappa shape index (κ3) is 3.41. The number of halogens is 3. The SMILES string of the molecule is CC[C@@H](O)[C@@H](N)c1c(F)cccc1Br.Cl. The van der Waals surface area contributed by atoms with Crippen molar-refractivity contribution in [3.8, 4) is 0 Å². The summed E-state index contributed by atoms with van der Waals surface area (Å²) in [6.45, 7) is 1.80. The molecule has 0 radical (unpaired) electrons. The molecule has 0 amide bonds. The van der Waals surface area contributed by atoms with Gasteiger partial charge in [0, 0.05) is 10.0 Å². The maximum absolute atomic E-state index is 13.4. The minimum Gasteiger partial charge on any atom is -0.391 e. The molecule has 0 heterocycles. The van der Waals surface area contributed by atoms with Crippen molar-refractivity contribution in [2.24, 2.45) is 5.73 Å². The average Bonchev–Trinajstić information content (AvgIpc) is 2.16. The summed E-state index contributed by atoms with van der Waals surface area (Å²) in [6, 6.07) is 3.95. The molecular weight excluding hydrogens is 284 g/mol. The summed E-state index contributed by atoms with van der Waals surface area (Å²) in [5.41, 5.74) is 6.07. The predicted molar refractivity (Wildman–Crippen MR) is 64.6 cm³/mol. The highest BCUT2D eigenvalue weighted by Gasteiger charge is 2.20. The molecule has 86 valence electrons. The third-order valence-electron chi connectivity index (χ3n) is 2.17. The summed E-state index contributed by atoms with van der Waals surface area (Å²) in [4.78, 5) is 0. The molecule has 5 heteroatoms. The standard InChI is InChI=1S/C10H13BrFNO.ClH/c1-2-8(14)10(13)9-6(11)4-3-5-7(9)12;/h3-5,8,10,14H,2,13H2,1H3;1H/t8-,10-;/m1./s1.